The van der Waals surface area contributed by atoms with Gasteiger partial charge >= 0.3 is 12.0 Å². The van der Waals surface area contributed by atoms with Crippen LogP contribution in [0.1, 0.15) is 26.7 Å². The van der Waals surface area contributed by atoms with Gasteiger partial charge in [-0.1, -0.05) is 6.92 Å². The van der Waals surface area contributed by atoms with Gasteiger partial charge in [-0.15, -0.1) is 0 Å². The van der Waals surface area contributed by atoms with Crippen LogP contribution in [0.4, 0.5) is 4.79 Å². The number of hydrogen-bond acceptors (Lipinski definition) is 3. The molecule has 2 rings (SSSR count). The molecule has 0 aromatic carbocycles. The number of hydrogen-bond donors (Lipinski definition) is 1. The lowest BCUT2D eigenvalue weighted by molar-refractivity contribution is -0.148. The van der Waals surface area contributed by atoms with Crippen molar-refractivity contribution in [3.8, 4) is 0 Å². The number of likely N-dealkylation sites (tertiary alicyclic amines) is 1. The van der Waals surface area contributed by atoms with Gasteiger partial charge in [-0.05, 0) is 19.8 Å². The summed E-state index contributed by atoms with van der Waals surface area (Å²) in [4.78, 5) is 27.5. The quantitative estimate of drug-likeness (QED) is 0.840. The lowest BCUT2D eigenvalue weighted by Crippen LogP contribution is -2.51. The molecule has 2 atom stereocenters. The Bertz CT molecular complexity index is 377. The fourth-order valence-electron chi connectivity index (χ4n) is 2.84. The highest BCUT2D eigenvalue weighted by atomic mass is 32.2. The van der Waals surface area contributed by atoms with Gasteiger partial charge in [-0.25, -0.2) is 4.79 Å². The van der Waals surface area contributed by atoms with Crippen LogP contribution in [0.5, 0.6) is 0 Å². The Hall–Kier alpha value is -0.910. The SMILES string of the molecule is CCC1(C(=O)O)CCN(C(=O)N2CCSCC2C)C1. The molecule has 0 radical (unpaired) electrons. The molecule has 0 bridgehead atoms. The van der Waals surface area contributed by atoms with E-state index in [1.54, 1.807) is 4.90 Å². The molecule has 108 valence electrons. The smallest absolute Gasteiger partial charge is 0.320 e. The highest BCUT2D eigenvalue weighted by Gasteiger charge is 2.46. The zero-order valence-corrected chi connectivity index (χ0v) is 12.4. The van der Waals surface area contributed by atoms with E-state index < -0.39 is 11.4 Å². The molecular weight excluding hydrogens is 264 g/mol. The first-order valence-corrected chi connectivity index (χ1v) is 8.02. The lowest BCUT2D eigenvalue weighted by atomic mass is 9.84. The molecule has 2 saturated heterocycles. The number of nitrogens with zero attached hydrogens (tertiary/aromatic N) is 2. The van der Waals surface area contributed by atoms with Crippen molar-refractivity contribution in [3.63, 3.8) is 0 Å². The van der Waals surface area contributed by atoms with Crippen LogP contribution in [0, 0.1) is 5.41 Å². The lowest BCUT2D eigenvalue weighted by Gasteiger charge is -2.36. The summed E-state index contributed by atoms with van der Waals surface area (Å²) in [6, 6.07) is 0.261. The summed E-state index contributed by atoms with van der Waals surface area (Å²) in [5.41, 5.74) is -0.733. The van der Waals surface area contributed by atoms with E-state index in [0.29, 0.717) is 25.9 Å². The van der Waals surface area contributed by atoms with E-state index >= 15 is 0 Å². The van der Waals surface area contributed by atoms with Crippen molar-refractivity contribution >= 4 is 23.8 Å². The second kappa shape index (κ2) is 5.61. The molecule has 2 aliphatic heterocycles. The van der Waals surface area contributed by atoms with Crippen LogP contribution in [-0.4, -0.2) is 64.1 Å². The van der Waals surface area contributed by atoms with E-state index in [2.05, 4.69) is 6.92 Å². The Morgan fingerprint density at radius 1 is 1.42 bits per heavy atom. The summed E-state index contributed by atoms with van der Waals surface area (Å²) in [6.45, 7) is 5.64. The van der Waals surface area contributed by atoms with Crippen LogP contribution < -0.4 is 0 Å². The Morgan fingerprint density at radius 2 is 2.16 bits per heavy atom. The van der Waals surface area contributed by atoms with E-state index in [9.17, 15) is 14.7 Å². The largest absolute Gasteiger partial charge is 0.481 e. The van der Waals surface area contributed by atoms with Crippen LogP contribution in [0.3, 0.4) is 0 Å². The fraction of sp³-hybridized carbons (Fsp3) is 0.846. The molecule has 19 heavy (non-hydrogen) atoms. The van der Waals surface area contributed by atoms with Crippen molar-refractivity contribution in [3.05, 3.63) is 0 Å². The highest BCUT2D eigenvalue weighted by molar-refractivity contribution is 7.99. The molecule has 2 aliphatic rings. The van der Waals surface area contributed by atoms with Gasteiger partial charge in [0, 0.05) is 37.2 Å². The van der Waals surface area contributed by atoms with Crippen LogP contribution in [0.2, 0.25) is 0 Å². The summed E-state index contributed by atoms with van der Waals surface area (Å²) in [5, 5.41) is 9.37. The van der Waals surface area contributed by atoms with E-state index in [0.717, 1.165) is 18.1 Å². The molecule has 2 fully saturated rings. The summed E-state index contributed by atoms with van der Waals surface area (Å²) in [5.74, 6) is 1.17. The number of carboxylic acid groups (broad SMARTS) is 1. The molecule has 0 saturated carbocycles. The van der Waals surface area contributed by atoms with Crippen LogP contribution in [-0.2, 0) is 4.79 Å². The molecular formula is C13H22N2O3S. The van der Waals surface area contributed by atoms with Gasteiger partial charge in [0.2, 0.25) is 0 Å². The van der Waals surface area contributed by atoms with Gasteiger partial charge in [0.1, 0.15) is 0 Å². The minimum Gasteiger partial charge on any atom is -0.481 e. The van der Waals surface area contributed by atoms with Crippen LogP contribution in [0.25, 0.3) is 0 Å². The number of amides is 2. The summed E-state index contributed by atoms with van der Waals surface area (Å²) in [7, 11) is 0. The summed E-state index contributed by atoms with van der Waals surface area (Å²) < 4.78 is 0. The number of carboxylic acids is 1. The number of aliphatic carboxylic acids is 1. The Morgan fingerprint density at radius 3 is 2.68 bits per heavy atom. The van der Waals surface area contributed by atoms with Crippen molar-refractivity contribution in [1.82, 2.24) is 9.80 Å². The first-order valence-electron chi connectivity index (χ1n) is 6.87. The monoisotopic (exact) mass is 286 g/mol. The number of rotatable bonds is 2. The minimum absolute atomic E-state index is 0.0179. The van der Waals surface area contributed by atoms with Crippen molar-refractivity contribution < 1.29 is 14.7 Å². The average molecular weight is 286 g/mol. The molecule has 5 nitrogen and oxygen atoms in total. The number of carbonyl (C=O) groups excluding carboxylic acids is 1. The minimum atomic E-state index is -0.771. The molecule has 0 spiro atoms. The normalized spacial score (nSPS) is 31.6. The van der Waals surface area contributed by atoms with Crippen molar-refractivity contribution in [1.29, 1.82) is 0 Å². The third kappa shape index (κ3) is 2.68. The maximum atomic E-state index is 12.5. The van der Waals surface area contributed by atoms with Crippen LogP contribution in [0.15, 0.2) is 0 Å². The summed E-state index contributed by atoms with van der Waals surface area (Å²) in [6.07, 6.45) is 1.15. The molecule has 0 aliphatic carbocycles. The van der Waals surface area contributed by atoms with E-state index in [4.69, 9.17) is 0 Å². The third-order valence-corrected chi connectivity index (χ3v) is 5.56. The molecule has 0 aromatic rings. The van der Waals surface area contributed by atoms with Crippen molar-refractivity contribution in [2.24, 2.45) is 5.41 Å². The highest BCUT2D eigenvalue weighted by Crippen LogP contribution is 2.35. The molecule has 2 heterocycles. The first-order chi connectivity index (χ1) is 9.00. The maximum absolute atomic E-state index is 12.5. The number of thioether (sulfide) groups is 1. The van der Waals surface area contributed by atoms with E-state index in [-0.39, 0.29) is 12.1 Å². The van der Waals surface area contributed by atoms with E-state index in [1.807, 2.05) is 23.6 Å². The average Bonchev–Trinajstić information content (AvgIpc) is 2.84. The topological polar surface area (TPSA) is 60.9 Å². The number of urea groups is 1. The predicted octanol–water partition coefficient (Wildman–Crippen LogP) is 1.73. The van der Waals surface area contributed by atoms with Crippen LogP contribution >= 0.6 is 11.8 Å². The zero-order chi connectivity index (χ0) is 14.0. The molecule has 2 unspecified atom stereocenters. The maximum Gasteiger partial charge on any atom is 0.320 e. The molecule has 1 N–H and O–H groups in total. The second-order valence-electron chi connectivity index (χ2n) is 5.51. The van der Waals surface area contributed by atoms with Crippen molar-refractivity contribution in [2.75, 3.05) is 31.1 Å². The molecule has 0 aromatic heterocycles. The second-order valence-corrected chi connectivity index (χ2v) is 6.66. The summed E-state index contributed by atoms with van der Waals surface area (Å²) >= 11 is 1.87. The zero-order valence-electron chi connectivity index (χ0n) is 11.6. The van der Waals surface area contributed by atoms with Gasteiger partial charge in [0.05, 0.1) is 5.41 Å². The predicted molar refractivity (Wildman–Crippen MR) is 75.4 cm³/mol. The fourth-order valence-corrected chi connectivity index (χ4v) is 3.86. The van der Waals surface area contributed by atoms with Gasteiger partial charge in [-0.3, -0.25) is 4.79 Å². The first kappa shape index (κ1) is 14.5. The Labute approximate surface area is 118 Å². The third-order valence-electron chi connectivity index (χ3n) is 4.37. The van der Waals surface area contributed by atoms with E-state index in [1.165, 1.54) is 0 Å². The number of carbonyl (C=O) groups is 2. The standard InChI is InChI=1S/C13H22N2O3S/c1-3-13(11(16)17)4-5-14(9-13)12(18)15-6-7-19-8-10(15)2/h10H,3-9H2,1-2H3,(H,16,17). The van der Waals surface area contributed by atoms with Crippen molar-refractivity contribution in [2.45, 2.75) is 32.7 Å². The molecule has 2 amide bonds. The van der Waals surface area contributed by atoms with Gasteiger partial charge < -0.3 is 14.9 Å². The van der Waals surface area contributed by atoms with Gasteiger partial charge in [0.25, 0.3) is 0 Å². The Balaban J connectivity index is 2.04. The van der Waals surface area contributed by atoms with Gasteiger partial charge in [-0.2, -0.15) is 11.8 Å². The Kier molecular flexibility index (Phi) is 4.28. The molecule has 6 heteroatoms. The van der Waals surface area contributed by atoms with Gasteiger partial charge in [0.15, 0.2) is 0 Å².